The molecule has 5 amide bonds. The van der Waals surface area contributed by atoms with Crippen LogP contribution in [0, 0.1) is 11.8 Å². The summed E-state index contributed by atoms with van der Waals surface area (Å²) in [5, 5.41) is 60.0. The number of ketones is 3. The lowest BCUT2D eigenvalue weighted by atomic mass is 9.89. The number of aromatic nitrogens is 2. The predicted octanol–water partition coefficient (Wildman–Crippen LogP) is 3.02. The third-order valence-corrected chi connectivity index (χ3v) is 16.2. The molecule has 0 bridgehead atoms. The summed E-state index contributed by atoms with van der Waals surface area (Å²) in [4.78, 5) is 168. The topological polar surface area (TPSA) is 478 Å². The van der Waals surface area contributed by atoms with Gasteiger partial charge in [-0.3, -0.25) is 57.6 Å². The number of H-pyrrole nitrogens is 1. The van der Waals surface area contributed by atoms with Crippen LogP contribution in [0.25, 0.3) is 0 Å². The zero-order valence-electron chi connectivity index (χ0n) is 55.7. The van der Waals surface area contributed by atoms with Gasteiger partial charge in [-0.05, 0) is 64.3 Å². The summed E-state index contributed by atoms with van der Waals surface area (Å²) in [6, 6.07) is -4.36. The molecule has 31 nitrogen and oxygen atoms in total. The van der Waals surface area contributed by atoms with Crippen LogP contribution in [0.15, 0.2) is 12.5 Å². The summed E-state index contributed by atoms with van der Waals surface area (Å²) in [6.07, 6.45) is 18.3. The summed E-state index contributed by atoms with van der Waals surface area (Å²) >= 11 is 0. The Bertz CT molecular complexity index is 2500. The SMILES string of the molecule is N[C@@H](Cc1cnc[nH]1)C(=O)C[C@@H](CCCCNC(=O)CC[C@H](NC(=O)CC[C@H](CC(=O)COCCOCCNC(=O)COCCOCCNC(=O)CC[C@H](NC(=O)CCCCCCCCCCCCCCCCC(=O)O)C(=O)O)C(=O)O)C(=O)O)C(=O)CN1CCC[C@H]1C(=O)O. The van der Waals surface area contributed by atoms with Crippen LogP contribution in [-0.4, -0.2) is 227 Å². The average molecular weight is 1370 g/mol. The number of aromatic amines is 1. The van der Waals surface area contributed by atoms with Gasteiger partial charge in [0.15, 0.2) is 11.6 Å². The van der Waals surface area contributed by atoms with E-state index in [1.165, 1.54) is 38.4 Å². The second kappa shape index (κ2) is 52.8. The Balaban J connectivity index is 1.49. The Morgan fingerprint density at radius 1 is 0.510 bits per heavy atom. The van der Waals surface area contributed by atoms with E-state index in [4.69, 9.17) is 29.8 Å². The van der Waals surface area contributed by atoms with Gasteiger partial charge < -0.3 is 81.8 Å². The van der Waals surface area contributed by atoms with E-state index in [1.54, 1.807) is 11.1 Å². The van der Waals surface area contributed by atoms with Gasteiger partial charge in [0.05, 0.1) is 64.5 Å². The lowest BCUT2D eigenvalue weighted by Gasteiger charge is -2.24. The standard InChI is InChI=1S/C65H107N9O22/c66-50(40-48-41-67-45-71-48)54(76)39-46(55(77)42-74-31-17-19-53(74)65(91)92)18-15-16-28-68-56(78)26-23-52(64(89)90)73-59(81)25-22-47(62(85)86)38-49(75)43-95-36-34-94-33-30-70-60(82)44-96-37-35-93-32-29-69-57(79)27-24-51(63(87)88)72-58(80)20-13-11-9-7-5-3-1-2-4-6-8-10-12-14-21-61(83)84/h41,45-47,50-53H,1-40,42-44,66H2,(H,67,71)(H,68,78)(H,69,79)(H,70,82)(H,72,80)(H,73,81)(H,83,84)(H,85,86)(H,87,88)(H,89,90)(H,91,92)/t46-,47-,50+,51+,52+,53+/m1/s1. The van der Waals surface area contributed by atoms with Crippen LogP contribution in [0.2, 0.25) is 0 Å². The van der Waals surface area contributed by atoms with Crippen molar-refractivity contribution in [3.8, 4) is 0 Å². The van der Waals surface area contributed by atoms with Crippen molar-refractivity contribution in [1.82, 2.24) is 41.5 Å². The monoisotopic (exact) mass is 1370 g/mol. The molecular formula is C65H107N9O22. The number of hydrogen-bond acceptors (Lipinski definition) is 20. The van der Waals surface area contributed by atoms with E-state index in [-0.39, 0.29) is 154 Å². The number of hydrogen-bond donors (Lipinski definition) is 12. The van der Waals surface area contributed by atoms with Crippen molar-refractivity contribution < 1.29 is 107 Å². The number of carboxylic acid groups (broad SMARTS) is 5. The molecule has 31 heteroatoms. The van der Waals surface area contributed by atoms with Crippen molar-refractivity contribution in [3.05, 3.63) is 18.2 Å². The van der Waals surface area contributed by atoms with Crippen molar-refractivity contribution in [2.24, 2.45) is 17.6 Å². The zero-order chi connectivity index (χ0) is 70.7. The number of Topliss-reactive ketones (excluding diaryl/α,β-unsaturated/α-hetero) is 3. The van der Waals surface area contributed by atoms with Gasteiger partial charge in [0.2, 0.25) is 29.5 Å². The number of unbranched alkanes of at least 4 members (excludes halogenated alkanes) is 14. The van der Waals surface area contributed by atoms with Gasteiger partial charge in [0.1, 0.15) is 37.1 Å². The maximum Gasteiger partial charge on any atom is 0.326 e. The molecule has 0 saturated carbocycles. The summed E-state index contributed by atoms with van der Waals surface area (Å²) in [6.45, 7) is 0.465. The van der Waals surface area contributed by atoms with Crippen LogP contribution in [0.5, 0.6) is 0 Å². The number of carbonyl (C=O) groups excluding carboxylic acids is 8. The van der Waals surface area contributed by atoms with Gasteiger partial charge in [-0.1, -0.05) is 83.5 Å². The second-order valence-electron chi connectivity index (χ2n) is 24.2. The molecule has 6 atom stereocenters. The molecule has 1 fully saturated rings. The number of nitrogens with two attached hydrogens (primary N) is 1. The molecule has 1 aliphatic rings. The van der Waals surface area contributed by atoms with E-state index in [0.717, 1.165) is 51.4 Å². The Kier molecular flexibility index (Phi) is 46.6. The molecule has 1 aliphatic heterocycles. The fourth-order valence-electron chi connectivity index (χ4n) is 10.7. The molecule has 1 saturated heterocycles. The van der Waals surface area contributed by atoms with Crippen molar-refractivity contribution in [1.29, 1.82) is 0 Å². The Labute approximate surface area is 561 Å². The maximum atomic E-state index is 13.5. The molecular weight excluding hydrogens is 1260 g/mol. The highest BCUT2D eigenvalue weighted by Gasteiger charge is 2.34. The second-order valence-corrected chi connectivity index (χ2v) is 24.2. The molecule has 0 spiro atoms. The Morgan fingerprint density at radius 3 is 1.53 bits per heavy atom. The van der Waals surface area contributed by atoms with Gasteiger partial charge in [-0.25, -0.2) is 14.6 Å². The highest BCUT2D eigenvalue weighted by Crippen LogP contribution is 2.22. The van der Waals surface area contributed by atoms with E-state index in [1.807, 2.05) is 0 Å². The van der Waals surface area contributed by atoms with Crippen LogP contribution in [0.1, 0.15) is 192 Å². The van der Waals surface area contributed by atoms with Gasteiger partial charge in [0.25, 0.3) is 0 Å². The highest BCUT2D eigenvalue weighted by atomic mass is 16.5. The smallest absolute Gasteiger partial charge is 0.326 e. The minimum Gasteiger partial charge on any atom is -0.481 e. The number of nitrogens with zero attached hydrogens (tertiary/aromatic N) is 2. The number of carboxylic acids is 5. The Morgan fingerprint density at radius 2 is 1.01 bits per heavy atom. The van der Waals surface area contributed by atoms with E-state index >= 15 is 0 Å². The molecule has 2 heterocycles. The maximum absolute atomic E-state index is 13.5. The molecule has 96 heavy (non-hydrogen) atoms. The minimum atomic E-state index is -1.48. The molecule has 2 rings (SSSR count). The molecule has 0 radical (unpaired) electrons. The first kappa shape index (κ1) is 84.8. The molecule has 0 unspecified atom stereocenters. The lowest BCUT2D eigenvalue weighted by Crippen LogP contribution is -2.42. The Hall–Kier alpha value is -7.32. The van der Waals surface area contributed by atoms with E-state index in [9.17, 15) is 82.8 Å². The molecule has 1 aromatic heterocycles. The number of imidazole rings is 1. The molecule has 1 aromatic rings. The van der Waals surface area contributed by atoms with Gasteiger partial charge in [0, 0.05) is 88.8 Å². The number of amides is 5. The number of nitrogens with one attached hydrogen (secondary N) is 6. The number of likely N-dealkylation sites (tertiary alicyclic amines) is 1. The summed E-state index contributed by atoms with van der Waals surface area (Å²) in [7, 11) is 0. The zero-order valence-corrected chi connectivity index (χ0v) is 55.7. The first-order chi connectivity index (χ1) is 46.1. The fourth-order valence-corrected chi connectivity index (χ4v) is 10.7. The van der Waals surface area contributed by atoms with Crippen molar-refractivity contribution in [2.45, 2.75) is 217 Å². The molecule has 0 aromatic carbocycles. The van der Waals surface area contributed by atoms with E-state index in [2.05, 4.69) is 36.6 Å². The van der Waals surface area contributed by atoms with Crippen LogP contribution >= 0.6 is 0 Å². The normalized spacial score (nSPS) is 14.5. The van der Waals surface area contributed by atoms with Gasteiger partial charge in [-0.2, -0.15) is 0 Å². The van der Waals surface area contributed by atoms with Crippen LogP contribution in [0.4, 0.5) is 0 Å². The van der Waals surface area contributed by atoms with Crippen molar-refractivity contribution in [3.63, 3.8) is 0 Å². The predicted molar refractivity (Wildman–Crippen MR) is 346 cm³/mol. The first-order valence-corrected chi connectivity index (χ1v) is 33.9. The van der Waals surface area contributed by atoms with Gasteiger partial charge in [-0.15, -0.1) is 0 Å². The van der Waals surface area contributed by atoms with E-state index in [0.29, 0.717) is 44.3 Å². The number of ether oxygens (including phenoxy) is 4. The summed E-state index contributed by atoms with van der Waals surface area (Å²) < 4.78 is 21.4. The lowest BCUT2D eigenvalue weighted by molar-refractivity contribution is -0.145. The average Bonchev–Trinajstić information content (AvgIpc) is 1.85. The summed E-state index contributed by atoms with van der Waals surface area (Å²) in [5.41, 5.74) is 6.80. The van der Waals surface area contributed by atoms with Crippen LogP contribution in [0.3, 0.4) is 0 Å². The quantitative estimate of drug-likeness (QED) is 0.0417. The molecule has 13 N–H and O–H groups in total. The number of rotatable bonds is 63. The van der Waals surface area contributed by atoms with Crippen LogP contribution < -0.4 is 32.3 Å². The third-order valence-electron chi connectivity index (χ3n) is 16.2. The van der Waals surface area contributed by atoms with Crippen molar-refractivity contribution in [2.75, 3.05) is 85.6 Å². The number of carbonyl (C=O) groups is 13. The van der Waals surface area contributed by atoms with Crippen LogP contribution in [-0.2, 0) is 87.7 Å². The fraction of sp³-hybridized carbons (Fsp3) is 0.754. The highest BCUT2D eigenvalue weighted by molar-refractivity contribution is 5.92. The molecule has 544 valence electrons. The third kappa shape index (κ3) is 43.0. The first-order valence-electron chi connectivity index (χ1n) is 33.9. The van der Waals surface area contributed by atoms with E-state index < -0.39 is 115 Å². The van der Waals surface area contributed by atoms with Crippen molar-refractivity contribution >= 4 is 76.7 Å². The molecule has 0 aliphatic carbocycles. The minimum absolute atomic E-state index is 0.0338. The van der Waals surface area contributed by atoms with Gasteiger partial charge >= 0.3 is 29.8 Å². The largest absolute Gasteiger partial charge is 0.481 e. The summed E-state index contributed by atoms with van der Waals surface area (Å²) in [5.74, 6) is -11.5. The number of aliphatic carboxylic acids is 5.